The number of hydrogen-bond acceptors (Lipinski definition) is 3. The summed E-state index contributed by atoms with van der Waals surface area (Å²) in [6.45, 7) is 0.365. The van der Waals surface area contributed by atoms with Crippen LogP contribution in [0.4, 0.5) is 0 Å². The van der Waals surface area contributed by atoms with Crippen LogP contribution in [0.2, 0.25) is 0 Å². The average Bonchev–Trinajstić information content (AvgIpc) is 2.15. The highest BCUT2D eigenvalue weighted by atomic mass is 79.9. The quantitative estimate of drug-likeness (QED) is 0.895. The molecular weight excluding hydrogens is 244 g/mol. The first-order chi connectivity index (χ1) is 6.72. The molecule has 0 fully saturated rings. The van der Waals surface area contributed by atoms with E-state index in [4.69, 9.17) is 15.7 Å². The maximum atomic E-state index is 8.38. The van der Waals surface area contributed by atoms with E-state index >= 15 is 0 Å². The van der Waals surface area contributed by atoms with Crippen molar-refractivity contribution in [2.45, 2.75) is 12.5 Å². The monoisotopic (exact) mass is 254 g/mol. The van der Waals surface area contributed by atoms with Gasteiger partial charge in [0.1, 0.15) is 12.4 Å². The van der Waals surface area contributed by atoms with Crippen molar-refractivity contribution in [3.63, 3.8) is 0 Å². The third-order valence-electron chi connectivity index (χ3n) is 1.61. The summed E-state index contributed by atoms with van der Waals surface area (Å²) in [5.41, 5.74) is 5.61. The summed E-state index contributed by atoms with van der Waals surface area (Å²) in [5.74, 6) is 0.757. The van der Waals surface area contributed by atoms with Crippen LogP contribution >= 0.6 is 15.9 Å². The van der Waals surface area contributed by atoms with Gasteiger partial charge < -0.3 is 10.5 Å². The summed E-state index contributed by atoms with van der Waals surface area (Å²) in [5, 5.41) is 8.38. The molecule has 0 aliphatic carbocycles. The lowest BCUT2D eigenvalue weighted by molar-refractivity contribution is 0.289. The van der Waals surface area contributed by atoms with Gasteiger partial charge in [-0.2, -0.15) is 5.26 Å². The van der Waals surface area contributed by atoms with Crippen LogP contribution < -0.4 is 10.5 Å². The van der Waals surface area contributed by atoms with Crippen molar-refractivity contribution in [1.82, 2.24) is 0 Å². The van der Waals surface area contributed by atoms with E-state index in [1.807, 2.05) is 30.3 Å². The molecule has 0 spiro atoms. The molecule has 74 valence electrons. The Labute approximate surface area is 91.6 Å². The second-order valence-electron chi connectivity index (χ2n) is 2.89. The molecule has 1 rings (SSSR count). The third kappa shape index (κ3) is 3.77. The Morgan fingerprint density at radius 2 is 2.36 bits per heavy atom. The van der Waals surface area contributed by atoms with Crippen LogP contribution in [0.5, 0.6) is 5.75 Å². The summed E-state index contributed by atoms with van der Waals surface area (Å²) in [7, 11) is 0. The summed E-state index contributed by atoms with van der Waals surface area (Å²) in [4.78, 5) is 0. The number of hydrogen-bond donors (Lipinski definition) is 1. The van der Waals surface area contributed by atoms with Crippen LogP contribution in [0.15, 0.2) is 28.7 Å². The second-order valence-corrected chi connectivity index (χ2v) is 3.81. The molecular formula is C10H11BrN2O. The summed E-state index contributed by atoms with van der Waals surface area (Å²) >= 11 is 3.34. The molecule has 0 saturated heterocycles. The molecule has 0 amide bonds. The number of nitrogens with zero attached hydrogens (tertiary/aromatic N) is 1. The van der Waals surface area contributed by atoms with E-state index in [-0.39, 0.29) is 6.04 Å². The first-order valence-electron chi connectivity index (χ1n) is 4.23. The zero-order valence-corrected chi connectivity index (χ0v) is 9.20. The van der Waals surface area contributed by atoms with Crippen LogP contribution in [0, 0.1) is 11.3 Å². The largest absolute Gasteiger partial charge is 0.492 e. The Kier molecular flexibility index (Phi) is 4.44. The van der Waals surface area contributed by atoms with Gasteiger partial charge in [0.15, 0.2) is 0 Å². The van der Waals surface area contributed by atoms with Crippen LogP contribution in [0.25, 0.3) is 0 Å². The Balaban J connectivity index is 2.42. The minimum atomic E-state index is -0.223. The Morgan fingerprint density at radius 1 is 1.57 bits per heavy atom. The zero-order valence-electron chi connectivity index (χ0n) is 7.61. The molecule has 14 heavy (non-hydrogen) atoms. The van der Waals surface area contributed by atoms with E-state index in [1.54, 1.807) is 0 Å². The number of benzene rings is 1. The maximum Gasteiger partial charge on any atom is 0.120 e. The predicted octanol–water partition coefficient (Wildman–Crippen LogP) is 2.07. The zero-order chi connectivity index (χ0) is 10.4. The molecule has 4 heteroatoms. The van der Waals surface area contributed by atoms with Crippen LogP contribution in [-0.4, -0.2) is 12.6 Å². The molecule has 0 radical (unpaired) electrons. The molecule has 1 aromatic rings. The molecule has 0 heterocycles. The van der Waals surface area contributed by atoms with Crippen molar-refractivity contribution < 1.29 is 4.74 Å². The third-order valence-corrected chi connectivity index (χ3v) is 2.11. The lowest BCUT2D eigenvalue weighted by Gasteiger charge is -2.09. The van der Waals surface area contributed by atoms with Gasteiger partial charge in [0, 0.05) is 4.47 Å². The molecule has 0 aliphatic rings. The number of rotatable bonds is 4. The lowest BCUT2D eigenvalue weighted by Crippen LogP contribution is -2.27. The maximum absolute atomic E-state index is 8.38. The molecule has 0 aliphatic heterocycles. The Bertz CT molecular complexity index is 335. The Hall–Kier alpha value is -1.05. The van der Waals surface area contributed by atoms with E-state index in [2.05, 4.69) is 15.9 Å². The molecule has 0 saturated carbocycles. The van der Waals surface area contributed by atoms with Crippen molar-refractivity contribution >= 4 is 15.9 Å². The van der Waals surface area contributed by atoms with E-state index in [0.717, 1.165) is 10.2 Å². The van der Waals surface area contributed by atoms with Gasteiger partial charge in [0.05, 0.1) is 18.5 Å². The van der Waals surface area contributed by atoms with E-state index in [0.29, 0.717) is 13.0 Å². The minimum Gasteiger partial charge on any atom is -0.492 e. The van der Waals surface area contributed by atoms with E-state index in [9.17, 15) is 0 Å². The van der Waals surface area contributed by atoms with Crippen molar-refractivity contribution in [1.29, 1.82) is 5.26 Å². The normalized spacial score (nSPS) is 11.8. The second kappa shape index (κ2) is 5.63. The molecule has 0 aromatic heterocycles. The number of nitrogens with two attached hydrogens (primary N) is 1. The number of halogens is 1. The average molecular weight is 255 g/mol. The number of ether oxygens (including phenoxy) is 1. The summed E-state index contributed by atoms with van der Waals surface area (Å²) in [6, 6.07) is 9.29. The molecule has 1 aromatic carbocycles. The standard InChI is InChI=1S/C10H11BrN2O/c11-8-2-1-3-10(6-8)14-7-9(13)4-5-12/h1-3,6,9H,4,7,13H2. The van der Waals surface area contributed by atoms with Gasteiger partial charge in [-0.05, 0) is 18.2 Å². The summed E-state index contributed by atoms with van der Waals surface area (Å²) < 4.78 is 6.36. The topological polar surface area (TPSA) is 59.0 Å². The first-order valence-corrected chi connectivity index (χ1v) is 5.02. The van der Waals surface area contributed by atoms with Gasteiger partial charge in [0.25, 0.3) is 0 Å². The minimum absolute atomic E-state index is 0.223. The SMILES string of the molecule is N#CCC(N)COc1cccc(Br)c1. The molecule has 1 atom stereocenters. The van der Waals surface area contributed by atoms with Gasteiger partial charge in [0.2, 0.25) is 0 Å². The lowest BCUT2D eigenvalue weighted by atomic mass is 10.2. The number of nitriles is 1. The highest BCUT2D eigenvalue weighted by Gasteiger charge is 2.02. The molecule has 0 bridgehead atoms. The molecule has 2 N–H and O–H groups in total. The fraction of sp³-hybridized carbons (Fsp3) is 0.300. The highest BCUT2D eigenvalue weighted by Crippen LogP contribution is 2.17. The van der Waals surface area contributed by atoms with Gasteiger partial charge >= 0.3 is 0 Å². The predicted molar refractivity (Wildman–Crippen MR) is 57.8 cm³/mol. The molecule has 1 unspecified atom stereocenters. The van der Waals surface area contributed by atoms with Gasteiger partial charge in [-0.3, -0.25) is 0 Å². The fourth-order valence-electron chi connectivity index (χ4n) is 0.936. The van der Waals surface area contributed by atoms with Crippen molar-refractivity contribution in [3.8, 4) is 11.8 Å². The van der Waals surface area contributed by atoms with Gasteiger partial charge in [-0.1, -0.05) is 22.0 Å². The fourth-order valence-corrected chi connectivity index (χ4v) is 1.31. The van der Waals surface area contributed by atoms with Crippen molar-refractivity contribution in [2.24, 2.45) is 5.73 Å². The van der Waals surface area contributed by atoms with Crippen molar-refractivity contribution in [3.05, 3.63) is 28.7 Å². The Morgan fingerprint density at radius 3 is 3.00 bits per heavy atom. The highest BCUT2D eigenvalue weighted by molar-refractivity contribution is 9.10. The van der Waals surface area contributed by atoms with Crippen LogP contribution in [0.3, 0.4) is 0 Å². The van der Waals surface area contributed by atoms with Crippen LogP contribution in [0.1, 0.15) is 6.42 Å². The first kappa shape index (κ1) is 11.0. The van der Waals surface area contributed by atoms with E-state index < -0.39 is 0 Å². The van der Waals surface area contributed by atoms with Gasteiger partial charge in [-0.25, -0.2) is 0 Å². The smallest absolute Gasteiger partial charge is 0.120 e. The van der Waals surface area contributed by atoms with Crippen molar-refractivity contribution in [2.75, 3.05) is 6.61 Å². The van der Waals surface area contributed by atoms with E-state index in [1.165, 1.54) is 0 Å². The van der Waals surface area contributed by atoms with Crippen LogP contribution in [-0.2, 0) is 0 Å². The van der Waals surface area contributed by atoms with Gasteiger partial charge in [-0.15, -0.1) is 0 Å². The molecule has 3 nitrogen and oxygen atoms in total. The summed E-state index contributed by atoms with van der Waals surface area (Å²) in [6.07, 6.45) is 0.313.